The normalized spacial score (nSPS) is 10.5. The number of rotatable bonds is 4. The molecule has 1 amide bonds. The van der Waals surface area contributed by atoms with Gasteiger partial charge in [-0.15, -0.1) is 0 Å². The van der Waals surface area contributed by atoms with Crippen LogP contribution >= 0.6 is 0 Å². The summed E-state index contributed by atoms with van der Waals surface area (Å²) in [5, 5.41) is 0. The predicted molar refractivity (Wildman–Crippen MR) is 61.1 cm³/mol. The Labute approximate surface area is 90.2 Å². The van der Waals surface area contributed by atoms with Crippen LogP contribution in [0.2, 0.25) is 0 Å². The van der Waals surface area contributed by atoms with Gasteiger partial charge in [0.25, 0.3) is 0 Å². The molecular formula is C12H16N2O. The van der Waals surface area contributed by atoms with Crippen LogP contribution in [0.25, 0.3) is 0 Å². The van der Waals surface area contributed by atoms with Crippen molar-refractivity contribution in [3.05, 3.63) is 48.0 Å². The van der Waals surface area contributed by atoms with Crippen LogP contribution in [-0.4, -0.2) is 24.4 Å². The van der Waals surface area contributed by atoms with E-state index < -0.39 is 0 Å². The number of likely N-dealkylation sites (N-methyl/N-ethyl adjacent to an activating group) is 1. The number of nitrogens with zero attached hydrogens (tertiary/aromatic N) is 1. The zero-order valence-electron chi connectivity index (χ0n) is 8.89. The molecule has 0 aliphatic carbocycles. The predicted octanol–water partition coefficient (Wildman–Crippen LogP) is 1.16. The molecule has 0 heterocycles. The molecule has 0 radical (unpaired) electrons. The smallest absolute Gasteiger partial charge is 0.246 e. The fourth-order valence-corrected chi connectivity index (χ4v) is 1.23. The first-order valence-electron chi connectivity index (χ1n) is 4.89. The summed E-state index contributed by atoms with van der Waals surface area (Å²) in [7, 11) is 1.77. The van der Waals surface area contributed by atoms with E-state index in [0.29, 0.717) is 13.1 Å². The molecule has 0 aliphatic heterocycles. The summed E-state index contributed by atoms with van der Waals surface area (Å²) < 4.78 is 0. The van der Waals surface area contributed by atoms with Gasteiger partial charge in [0.05, 0.1) is 0 Å². The number of hydrogen-bond acceptors (Lipinski definition) is 2. The third kappa shape index (κ3) is 3.95. The minimum atomic E-state index is -0.0238. The third-order valence-electron chi connectivity index (χ3n) is 2.04. The van der Waals surface area contributed by atoms with Gasteiger partial charge in [0.15, 0.2) is 0 Å². The average molecular weight is 204 g/mol. The highest BCUT2D eigenvalue weighted by atomic mass is 16.2. The second-order valence-electron chi connectivity index (χ2n) is 3.32. The highest BCUT2D eigenvalue weighted by molar-refractivity contribution is 5.87. The quantitative estimate of drug-likeness (QED) is 0.748. The molecule has 0 unspecified atom stereocenters. The van der Waals surface area contributed by atoms with Gasteiger partial charge in [0.1, 0.15) is 0 Å². The maximum Gasteiger partial charge on any atom is 0.246 e. The number of carbonyl (C=O) groups is 1. The molecule has 80 valence electrons. The molecule has 0 spiro atoms. The Morgan fingerprint density at radius 2 is 2.07 bits per heavy atom. The summed E-state index contributed by atoms with van der Waals surface area (Å²) in [6.45, 7) is 1.01. The van der Waals surface area contributed by atoms with Crippen molar-refractivity contribution < 1.29 is 4.79 Å². The van der Waals surface area contributed by atoms with Gasteiger partial charge in [0, 0.05) is 26.2 Å². The van der Waals surface area contributed by atoms with Crippen LogP contribution in [-0.2, 0) is 11.3 Å². The second-order valence-corrected chi connectivity index (χ2v) is 3.32. The zero-order valence-corrected chi connectivity index (χ0v) is 8.89. The molecule has 0 aromatic heterocycles. The van der Waals surface area contributed by atoms with E-state index in [4.69, 9.17) is 5.73 Å². The van der Waals surface area contributed by atoms with E-state index in [-0.39, 0.29) is 5.91 Å². The van der Waals surface area contributed by atoms with Gasteiger partial charge in [-0.25, -0.2) is 0 Å². The molecule has 0 saturated carbocycles. The van der Waals surface area contributed by atoms with Gasteiger partial charge >= 0.3 is 0 Å². The standard InChI is InChI=1S/C12H16N2O/c1-14(12(15)8-5-9-13)10-11-6-3-2-4-7-11/h2-8H,9-10,13H2,1H3/b8-5+. The summed E-state index contributed by atoms with van der Waals surface area (Å²) in [5.41, 5.74) is 6.39. The van der Waals surface area contributed by atoms with Crippen molar-refractivity contribution in [1.82, 2.24) is 4.90 Å². The SMILES string of the molecule is CN(Cc1ccccc1)C(=O)/C=C/CN. The number of carbonyl (C=O) groups excluding carboxylic acids is 1. The van der Waals surface area contributed by atoms with Gasteiger partial charge < -0.3 is 10.6 Å². The van der Waals surface area contributed by atoms with Crippen molar-refractivity contribution in [2.24, 2.45) is 5.73 Å². The van der Waals surface area contributed by atoms with Crippen LogP contribution in [0, 0.1) is 0 Å². The van der Waals surface area contributed by atoms with Gasteiger partial charge in [0.2, 0.25) is 5.91 Å². The lowest BCUT2D eigenvalue weighted by Gasteiger charge is -2.14. The number of nitrogens with two attached hydrogens (primary N) is 1. The first kappa shape index (κ1) is 11.5. The van der Waals surface area contributed by atoms with Crippen molar-refractivity contribution in [2.75, 3.05) is 13.6 Å². The van der Waals surface area contributed by atoms with Gasteiger partial charge in [-0.05, 0) is 5.56 Å². The molecule has 0 saturated heterocycles. The van der Waals surface area contributed by atoms with Gasteiger partial charge in [-0.2, -0.15) is 0 Å². The summed E-state index contributed by atoms with van der Waals surface area (Å²) in [5.74, 6) is -0.0238. The molecule has 0 atom stereocenters. The Morgan fingerprint density at radius 1 is 1.40 bits per heavy atom. The Hall–Kier alpha value is -1.61. The number of hydrogen-bond donors (Lipinski definition) is 1. The lowest BCUT2D eigenvalue weighted by Crippen LogP contribution is -2.24. The molecule has 3 nitrogen and oxygen atoms in total. The Morgan fingerprint density at radius 3 is 2.67 bits per heavy atom. The topological polar surface area (TPSA) is 46.3 Å². The molecule has 0 bridgehead atoms. The van der Waals surface area contributed by atoms with E-state index in [0.717, 1.165) is 5.56 Å². The summed E-state index contributed by atoms with van der Waals surface area (Å²) in [6, 6.07) is 9.87. The van der Waals surface area contributed by atoms with Crippen molar-refractivity contribution in [3.8, 4) is 0 Å². The Balaban J connectivity index is 2.52. The Bertz CT molecular complexity index is 333. The zero-order chi connectivity index (χ0) is 11.1. The van der Waals surface area contributed by atoms with E-state index in [2.05, 4.69) is 0 Å². The summed E-state index contributed by atoms with van der Waals surface area (Å²) in [6.07, 6.45) is 3.16. The fraction of sp³-hybridized carbons (Fsp3) is 0.250. The Kier molecular flexibility index (Phi) is 4.57. The van der Waals surface area contributed by atoms with Crippen LogP contribution in [0.15, 0.2) is 42.5 Å². The summed E-state index contributed by atoms with van der Waals surface area (Å²) >= 11 is 0. The van der Waals surface area contributed by atoms with E-state index in [1.54, 1.807) is 18.0 Å². The highest BCUT2D eigenvalue weighted by Gasteiger charge is 2.04. The van der Waals surface area contributed by atoms with Crippen LogP contribution in [0.1, 0.15) is 5.56 Å². The summed E-state index contributed by atoms with van der Waals surface area (Å²) in [4.78, 5) is 13.1. The molecule has 1 rings (SSSR count). The number of benzene rings is 1. The van der Waals surface area contributed by atoms with Crippen LogP contribution in [0.3, 0.4) is 0 Å². The third-order valence-corrected chi connectivity index (χ3v) is 2.04. The monoisotopic (exact) mass is 204 g/mol. The number of amides is 1. The molecule has 1 aromatic carbocycles. The first-order valence-corrected chi connectivity index (χ1v) is 4.89. The van der Waals surface area contributed by atoms with E-state index in [1.807, 2.05) is 30.3 Å². The van der Waals surface area contributed by atoms with Crippen LogP contribution in [0.4, 0.5) is 0 Å². The van der Waals surface area contributed by atoms with Crippen molar-refractivity contribution in [3.63, 3.8) is 0 Å². The average Bonchev–Trinajstić information content (AvgIpc) is 2.27. The highest BCUT2D eigenvalue weighted by Crippen LogP contribution is 2.02. The first-order chi connectivity index (χ1) is 7.24. The fourth-order valence-electron chi connectivity index (χ4n) is 1.23. The lowest BCUT2D eigenvalue weighted by atomic mass is 10.2. The molecule has 15 heavy (non-hydrogen) atoms. The molecule has 0 aliphatic rings. The minimum absolute atomic E-state index is 0.0238. The van der Waals surface area contributed by atoms with Crippen LogP contribution < -0.4 is 5.73 Å². The van der Waals surface area contributed by atoms with Crippen molar-refractivity contribution in [1.29, 1.82) is 0 Å². The molecule has 3 heteroatoms. The lowest BCUT2D eigenvalue weighted by molar-refractivity contribution is -0.125. The van der Waals surface area contributed by atoms with E-state index >= 15 is 0 Å². The van der Waals surface area contributed by atoms with Gasteiger partial charge in [-0.1, -0.05) is 36.4 Å². The maximum absolute atomic E-state index is 11.5. The maximum atomic E-state index is 11.5. The molecule has 1 aromatic rings. The van der Waals surface area contributed by atoms with Crippen LogP contribution in [0.5, 0.6) is 0 Å². The molecular weight excluding hydrogens is 188 g/mol. The van der Waals surface area contributed by atoms with Crippen molar-refractivity contribution in [2.45, 2.75) is 6.54 Å². The van der Waals surface area contributed by atoms with Gasteiger partial charge in [-0.3, -0.25) is 4.79 Å². The van der Waals surface area contributed by atoms with E-state index in [9.17, 15) is 4.79 Å². The minimum Gasteiger partial charge on any atom is -0.338 e. The largest absolute Gasteiger partial charge is 0.338 e. The second kappa shape index (κ2) is 5.98. The molecule has 0 fully saturated rings. The van der Waals surface area contributed by atoms with E-state index in [1.165, 1.54) is 6.08 Å². The van der Waals surface area contributed by atoms with Crippen molar-refractivity contribution >= 4 is 5.91 Å². The molecule has 2 N–H and O–H groups in total.